The number of rotatable bonds is 1. The number of carbonyl (C=O) groups excluding carboxylic acids is 1. The van der Waals surface area contributed by atoms with Crippen molar-refractivity contribution >= 4 is 16.9 Å². The first-order valence-electron chi connectivity index (χ1n) is 4.22. The molecular formula is C10H10N2O2. The molecule has 0 radical (unpaired) electrons. The fourth-order valence-electron chi connectivity index (χ4n) is 1.49. The molecule has 0 aliphatic rings. The highest BCUT2D eigenvalue weighted by molar-refractivity contribution is 6.01. The Morgan fingerprint density at radius 1 is 1.50 bits per heavy atom. The Morgan fingerprint density at radius 3 is 3.00 bits per heavy atom. The Labute approximate surface area is 81.1 Å². The number of nitrogens with zero attached hydrogens (tertiary/aromatic N) is 2. The summed E-state index contributed by atoms with van der Waals surface area (Å²) < 4.78 is 6.51. The lowest BCUT2D eigenvalue weighted by Crippen LogP contribution is -2.06. The summed E-state index contributed by atoms with van der Waals surface area (Å²) in [6, 6.07) is 3.80. The first kappa shape index (κ1) is 8.74. The van der Waals surface area contributed by atoms with E-state index in [4.69, 9.17) is 0 Å². The van der Waals surface area contributed by atoms with Crippen molar-refractivity contribution in [3.05, 3.63) is 30.2 Å². The molecule has 0 unspecified atom stereocenters. The lowest BCUT2D eigenvalue weighted by molar-refractivity contribution is 0.0596. The van der Waals surface area contributed by atoms with Crippen LogP contribution in [-0.4, -0.2) is 22.6 Å². The quantitative estimate of drug-likeness (QED) is 0.638. The number of fused-ring (bicyclic) bond motifs is 1. The third kappa shape index (κ3) is 1.16. The van der Waals surface area contributed by atoms with E-state index in [1.165, 1.54) is 7.11 Å². The van der Waals surface area contributed by atoms with E-state index in [1.54, 1.807) is 6.20 Å². The van der Waals surface area contributed by atoms with Crippen molar-refractivity contribution in [2.24, 2.45) is 7.05 Å². The van der Waals surface area contributed by atoms with E-state index in [2.05, 4.69) is 9.72 Å². The van der Waals surface area contributed by atoms with Crippen LogP contribution in [-0.2, 0) is 11.8 Å². The van der Waals surface area contributed by atoms with Crippen LogP contribution in [0.4, 0.5) is 0 Å². The van der Waals surface area contributed by atoms with Crippen LogP contribution in [0.3, 0.4) is 0 Å². The molecule has 2 heterocycles. The average Bonchev–Trinajstić information content (AvgIpc) is 2.59. The van der Waals surface area contributed by atoms with E-state index in [0.29, 0.717) is 5.69 Å². The number of hydrogen-bond acceptors (Lipinski definition) is 3. The molecule has 0 bridgehead atoms. The molecule has 0 atom stereocenters. The van der Waals surface area contributed by atoms with E-state index >= 15 is 0 Å². The smallest absolute Gasteiger partial charge is 0.358 e. The molecule has 72 valence electrons. The molecule has 2 aromatic heterocycles. The minimum atomic E-state index is -0.405. The van der Waals surface area contributed by atoms with Crippen LogP contribution in [0.25, 0.3) is 10.9 Å². The SMILES string of the molecule is COC(=O)c1nccc2ccn(C)c12. The van der Waals surface area contributed by atoms with Gasteiger partial charge >= 0.3 is 5.97 Å². The van der Waals surface area contributed by atoms with Crippen molar-refractivity contribution < 1.29 is 9.53 Å². The molecule has 4 nitrogen and oxygen atoms in total. The summed E-state index contributed by atoms with van der Waals surface area (Å²) in [5.41, 5.74) is 1.16. The Morgan fingerprint density at radius 2 is 2.29 bits per heavy atom. The van der Waals surface area contributed by atoms with Crippen LogP contribution in [0.5, 0.6) is 0 Å². The largest absolute Gasteiger partial charge is 0.464 e. The molecule has 0 N–H and O–H groups in total. The number of ether oxygens (including phenoxy) is 1. The van der Waals surface area contributed by atoms with E-state index in [9.17, 15) is 4.79 Å². The summed E-state index contributed by atoms with van der Waals surface area (Å²) in [5.74, 6) is -0.405. The number of aryl methyl sites for hydroxylation is 1. The lowest BCUT2D eigenvalue weighted by Gasteiger charge is -2.02. The van der Waals surface area contributed by atoms with Gasteiger partial charge in [-0.25, -0.2) is 9.78 Å². The molecule has 0 spiro atoms. The van der Waals surface area contributed by atoms with Gasteiger partial charge in [0.05, 0.1) is 12.6 Å². The summed E-state index contributed by atoms with van der Waals surface area (Å²) in [4.78, 5) is 15.4. The number of esters is 1. The molecule has 2 rings (SSSR count). The lowest BCUT2D eigenvalue weighted by atomic mass is 10.2. The van der Waals surface area contributed by atoms with Gasteiger partial charge in [0.15, 0.2) is 5.69 Å². The normalized spacial score (nSPS) is 10.4. The Bertz CT molecular complexity index is 488. The molecular weight excluding hydrogens is 180 g/mol. The summed E-state index contributed by atoms with van der Waals surface area (Å²) in [7, 11) is 3.22. The van der Waals surface area contributed by atoms with Crippen LogP contribution < -0.4 is 0 Å². The predicted octanol–water partition coefficient (Wildman–Crippen LogP) is 1.36. The second-order valence-corrected chi connectivity index (χ2v) is 3.02. The van der Waals surface area contributed by atoms with Crippen LogP contribution in [0.15, 0.2) is 24.5 Å². The van der Waals surface area contributed by atoms with Crippen LogP contribution in [0.1, 0.15) is 10.5 Å². The summed E-state index contributed by atoms with van der Waals surface area (Å²) in [5, 5.41) is 0.989. The van der Waals surface area contributed by atoms with Crippen molar-refractivity contribution in [3.8, 4) is 0 Å². The van der Waals surface area contributed by atoms with Crippen molar-refractivity contribution in [3.63, 3.8) is 0 Å². The maximum atomic E-state index is 11.4. The highest BCUT2D eigenvalue weighted by Crippen LogP contribution is 2.17. The van der Waals surface area contributed by atoms with E-state index < -0.39 is 5.97 Å². The van der Waals surface area contributed by atoms with Gasteiger partial charge in [0.1, 0.15) is 0 Å². The van der Waals surface area contributed by atoms with Gasteiger partial charge in [-0.1, -0.05) is 0 Å². The first-order chi connectivity index (χ1) is 6.74. The number of aromatic nitrogens is 2. The fraction of sp³-hybridized carbons (Fsp3) is 0.200. The van der Waals surface area contributed by atoms with E-state index in [0.717, 1.165) is 10.9 Å². The third-order valence-electron chi connectivity index (χ3n) is 2.16. The number of hydrogen-bond donors (Lipinski definition) is 0. The molecule has 0 saturated carbocycles. The van der Waals surface area contributed by atoms with Crippen molar-refractivity contribution in [2.75, 3.05) is 7.11 Å². The molecule has 0 fully saturated rings. The Kier molecular flexibility index (Phi) is 1.96. The topological polar surface area (TPSA) is 44.1 Å². The highest BCUT2D eigenvalue weighted by atomic mass is 16.5. The van der Waals surface area contributed by atoms with Gasteiger partial charge in [0.2, 0.25) is 0 Å². The maximum Gasteiger partial charge on any atom is 0.358 e. The molecule has 14 heavy (non-hydrogen) atoms. The number of carbonyl (C=O) groups is 1. The molecule has 0 aromatic carbocycles. The van der Waals surface area contributed by atoms with Gasteiger partial charge in [-0.05, 0) is 12.1 Å². The van der Waals surface area contributed by atoms with Crippen molar-refractivity contribution in [1.82, 2.24) is 9.55 Å². The number of methoxy groups -OCH3 is 1. The zero-order valence-corrected chi connectivity index (χ0v) is 8.02. The van der Waals surface area contributed by atoms with E-state index in [-0.39, 0.29) is 0 Å². The Hall–Kier alpha value is -1.84. The molecule has 4 heteroatoms. The van der Waals surface area contributed by atoms with Crippen LogP contribution in [0.2, 0.25) is 0 Å². The Balaban J connectivity index is 2.75. The third-order valence-corrected chi connectivity index (χ3v) is 2.16. The standard InChI is InChI=1S/C10H10N2O2/c1-12-6-4-7-3-5-11-8(9(7)12)10(13)14-2/h3-6H,1-2H3. The fourth-order valence-corrected chi connectivity index (χ4v) is 1.49. The van der Waals surface area contributed by atoms with Gasteiger partial charge in [-0.2, -0.15) is 0 Å². The van der Waals surface area contributed by atoms with Crippen molar-refractivity contribution in [1.29, 1.82) is 0 Å². The van der Waals surface area contributed by atoms with Gasteiger partial charge in [-0.15, -0.1) is 0 Å². The zero-order chi connectivity index (χ0) is 10.1. The molecule has 0 aliphatic carbocycles. The molecule has 0 saturated heterocycles. The molecule has 2 aromatic rings. The van der Waals surface area contributed by atoms with Crippen LogP contribution >= 0.6 is 0 Å². The predicted molar refractivity (Wildman–Crippen MR) is 52.1 cm³/mol. The minimum absolute atomic E-state index is 0.359. The second-order valence-electron chi connectivity index (χ2n) is 3.02. The minimum Gasteiger partial charge on any atom is -0.464 e. The van der Waals surface area contributed by atoms with Crippen molar-refractivity contribution in [2.45, 2.75) is 0 Å². The maximum absolute atomic E-state index is 11.4. The highest BCUT2D eigenvalue weighted by Gasteiger charge is 2.13. The molecule has 0 amide bonds. The van der Waals surface area contributed by atoms with Crippen LogP contribution in [0, 0.1) is 0 Å². The summed E-state index contributed by atoms with van der Waals surface area (Å²) in [6.07, 6.45) is 3.49. The molecule has 0 aliphatic heterocycles. The van der Waals surface area contributed by atoms with E-state index in [1.807, 2.05) is 29.9 Å². The first-order valence-corrected chi connectivity index (χ1v) is 4.22. The van der Waals surface area contributed by atoms with Gasteiger partial charge in [0.25, 0.3) is 0 Å². The van der Waals surface area contributed by atoms with Gasteiger partial charge in [-0.3, -0.25) is 0 Å². The second kappa shape index (κ2) is 3.14. The van der Waals surface area contributed by atoms with Gasteiger partial charge < -0.3 is 9.30 Å². The zero-order valence-electron chi connectivity index (χ0n) is 8.02. The average molecular weight is 190 g/mol. The summed E-state index contributed by atoms with van der Waals surface area (Å²) in [6.45, 7) is 0. The number of pyridine rings is 1. The summed E-state index contributed by atoms with van der Waals surface area (Å²) >= 11 is 0. The monoisotopic (exact) mass is 190 g/mol. The van der Waals surface area contributed by atoms with Gasteiger partial charge in [0, 0.05) is 24.8 Å².